The van der Waals surface area contributed by atoms with Gasteiger partial charge in [0.05, 0.1) is 39.0 Å². The van der Waals surface area contributed by atoms with Crippen molar-refractivity contribution >= 4 is 11.6 Å². The number of anilines is 1. The monoisotopic (exact) mass is 340 g/mol. The molecule has 0 radical (unpaired) electrons. The number of carbonyl (C=O) groups excluding carboxylic acids is 1. The number of quaternary nitrogens is 1. The Bertz CT molecular complexity index is 674. The standard InChI is InChI=1S/C20H25N3O2/c24-20(16-8-9-16)21-15-18(19-7-4-14-25-19)23-12-10-22(11-13-23)17-5-2-1-3-6-17/h1-7,14,16,18H,8-13,15H2,(H,21,24)/p+1/t18-/m1/s1. The summed E-state index contributed by atoms with van der Waals surface area (Å²) in [4.78, 5) is 16.0. The summed E-state index contributed by atoms with van der Waals surface area (Å²) in [6.07, 6.45) is 3.81. The van der Waals surface area contributed by atoms with Crippen LogP contribution in [0, 0.1) is 5.92 Å². The zero-order valence-electron chi connectivity index (χ0n) is 14.5. The fourth-order valence-corrected chi connectivity index (χ4v) is 3.67. The molecule has 5 nitrogen and oxygen atoms in total. The lowest BCUT2D eigenvalue weighted by atomic mass is 10.1. The van der Waals surface area contributed by atoms with Crippen LogP contribution in [-0.2, 0) is 4.79 Å². The van der Waals surface area contributed by atoms with Gasteiger partial charge in [0, 0.05) is 11.6 Å². The number of piperazine rings is 1. The van der Waals surface area contributed by atoms with E-state index in [1.807, 2.05) is 12.1 Å². The summed E-state index contributed by atoms with van der Waals surface area (Å²) in [7, 11) is 0. The highest BCUT2D eigenvalue weighted by atomic mass is 16.3. The van der Waals surface area contributed by atoms with E-state index in [0.717, 1.165) is 44.8 Å². The molecule has 2 N–H and O–H groups in total. The second kappa shape index (κ2) is 7.31. The highest BCUT2D eigenvalue weighted by Crippen LogP contribution is 2.28. The summed E-state index contributed by atoms with van der Waals surface area (Å²) in [5.74, 6) is 1.43. The molecule has 2 aliphatic rings. The van der Waals surface area contributed by atoms with Crippen molar-refractivity contribution in [3.05, 3.63) is 54.5 Å². The normalized spacial score (nSPS) is 19.6. The molecule has 1 saturated heterocycles. The minimum Gasteiger partial charge on any atom is -0.463 e. The summed E-state index contributed by atoms with van der Waals surface area (Å²) in [6, 6.07) is 14.7. The maximum absolute atomic E-state index is 12.0. The lowest BCUT2D eigenvalue weighted by Gasteiger charge is -2.37. The van der Waals surface area contributed by atoms with Crippen molar-refractivity contribution < 1.29 is 14.1 Å². The summed E-state index contributed by atoms with van der Waals surface area (Å²) >= 11 is 0. The second-order valence-corrected chi connectivity index (χ2v) is 7.07. The molecular formula is C20H26N3O2+. The molecule has 2 heterocycles. The third-order valence-corrected chi connectivity index (χ3v) is 5.33. The van der Waals surface area contributed by atoms with E-state index >= 15 is 0 Å². The van der Waals surface area contributed by atoms with Crippen molar-refractivity contribution in [2.24, 2.45) is 5.92 Å². The van der Waals surface area contributed by atoms with Gasteiger partial charge in [-0.25, -0.2) is 0 Å². The van der Waals surface area contributed by atoms with E-state index < -0.39 is 0 Å². The van der Waals surface area contributed by atoms with E-state index in [0.29, 0.717) is 6.54 Å². The van der Waals surface area contributed by atoms with Crippen molar-refractivity contribution in [3.63, 3.8) is 0 Å². The van der Waals surface area contributed by atoms with Crippen LogP contribution in [0.4, 0.5) is 5.69 Å². The predicted octanol–water partition coefficient (Wildman–Crippen LogP) is 1.25. The fourth-order valence-electron chi connectivity index (χ4n) is 3.67. The summed E-state index contributed by atoms with van der Waals surface area (Å²) < 4.78 is 5.68. The van der Waals surface area contributed by atoms with Crippen LogP contribution in [0.25, 0.3) is 0 Å². The molecule has 25 heavy (non-hydrogen) atoms. The van der Waals surface area contributed by atoms with Crippen molar-refractivity contribution in [2.75, 3.05) is 37.6 Å². The summed E-state index contributed by atoms with van der Waals surface area (Å²) in [5.41, 5.74) is 1.29. The zero-order valence-corrected chi connectivity index (χ0v) is 14.5. The molecule has 132 valence electrons. The van der Waals surface area contributed by atoms with Gasteiger partial charge < -0.3 is 19.5 Å². The first kappa shape index (κ1) is 16.2. The number of nitrogens with zero attached hydrogens (tertiary/aromatic N) is 1. The van der Waals surface area contributed by atoms with Crippen LogP contribution in [0.15, 0.2) is 53.1 Å². The van der Waals surface area contributed by atoms with Crippen LogP contribution in [0.2, 0.25) is 0 Å². The largest absolute Gasteiger partial charge is 0.463 e. The highest BCUT2D eigenvalue weighted by molar-refractivity contribution is 5.80. The van der Waals surface area contributed by atoms with E-state index in [1.54, 1.807) is 6.26 Å². The van der Waals surface area contributed by atoms with Crippen molar-refractivity contribution in [2.45, 2.75) is 18.9 Å². The number of rotatable bonds is 6. The average molecular weight is 340 g/mol. The maximum Gasteiger partial charge on any atom is 0.223 e. The molecule has 1 aromatic heterocycles. The first-order valence-corrected chi connectivity index (χ1v) is 9.27. The maximum atomic E-state index is 12.0. The van der Waals surface area contributed by atoms with Gasteiger partial charge in [0.2, 0.25) is 5.91 Å². The number of furan rings is 1. The topological polar surface area (TPSA) is 49.9 Å². The Balaban J connectivity index is 1.39. The van der Waals surface area contributed by atoms with Gasteiger partial charge in [-0.3, -0.25) is 4.79 Å². The smallest absolute Gasteiger partial charge is 0.223 e. The average Bonchev–Trinajstić information content (AvgIpc) is 3.39. The van der Waals surface area contributed by atoms with Crippen molar-refractivity contribution in [1.82, 2.24) is 5.32 Å². The summed E-state index contributed by atoms with van der Waals surface area (Å²) in [5, 5.41) is 3.14. The molecule has 2 fully saturated rings. The minimum atomic E-state index is 0.190. The lowest BCUT2D eigenvalue weighted by molar-refractivity contribution is -0.932. The molecule has 1 aliphatic heterocycles. The number of hydrogen-bond acceptors (Lipinski definition) is 3. The molecule has 4 rings (SSSR count). The van der Waals surface area contributed by atoms with Crippen LogP contribution in [0.5, 0.6) is 0 Å². The van der Waals surface area contributed by atoms with Crippen LogP contribution < -0.4 is 15.1 Å². The number of benzene rings is 1. The zero-order chi connectivity index (χ0) is 17.1. The first-order valence-electron chi connectivity index (χ1n) is 9.27. The number of para-hydroxylation sites is 1. The molecule has 0 unspecified atom stereocenters. The number of carbonyl (C=O) groups is 1. The van der Waals surface area contributed by atoms with E-state index in [4.69, 9.17) is 4.42 Å². The van der Waals surface area contributed by atoms with Gasteiger partial charge in [-0.15, -0.1) is 0 Å². The predicted molar refractivity (Wildman–Crippen MR) is 96.5 cm³/mol. The molecule has 1 aromatic carbocycles. The van der Waals surface area contributed by atoms with Gasteiger partial charge in [-0.1, -0.05) is 18.2 Å². The van der Waals surface area contributed by atoms with Gasteiger partial charge in [0.15, 0.2) is 11.8 Å². The summed E-state index contributed by atoms with van der Waals surface area (Å²) in [6.45, 7) is 4.78. The van der Waals surface area contributed by atoms with Gasteiger partial charge in [-0.05, 0) is 37.1 Å². The Hall–Kier alpha value is -2.27. The third-order valence-electron chi connectivity index (χ3n) is 5.33. The highest BCUT2D eigenvalue weighted by Gasteiger charge is 2.34. The van der Waals surface area contributed by atoms with Gasteiger partial charge in [-0.2, -0.15) is 0 Å². The molecule has 1 atom stereocenters. The molecule has 1 saturated carbocycles. The Kier molecular flexibility index (Phi) is 4.74. The van der Waals surface area contributed by atoms with Crippen LogP contribution in [0.1, 0.15) is 24.6 Å². The van der Waals surface area contributed by atoms with E-state index in [1.165, 1.54) is 10.6 Å². The van der Waals surface area contributed by atoms with Gasteiger partial charge >= 0.3 is 0 Å². The Morgan fingerprint density at radius 2 is 1.92 bits per heavy atom. The minimum absolute atomic E-state index is 0.190. The number of nitrogens with one attached hydrogen (secondary N) is 2. The van der Waals surface area contributed by atoms with E-state index in [9.17, 15) is 4.79 Å². The lowest BCUT2D eigenvalue weighted by Crippen LogP contribution is -3.15. The number of hydrogen-bond donors (Lipinski definition) is 2. The molecule has 1 amide bonds. The quantitative estimate of drug-likeness (QED) is 0.832. The third kappa shape index (κ3) is 3.87. The van der Waals surface area contributed by atoms with Gasteiger partial charge in [0.25, 0.3) is 0 Å². The van der Waals surface area contributed by atoms with E-state index in [-0.39, 0.29) is 17.9 Å². The van der Waals surface area contributed by atoms with Crippen LogP contribution in [0.3, 0.4) is 0 Å². The molecule has 2 aromatic rings. The number of amides is 1. The molecule has 0 spiro atoms. The Labute approximate surface area is 148 Å². The first-order chi connectivity index (χ1) is 12.3. The SMILES string of the molecule is O=C(NC[C@H](c1ccco1)[NH+]1CCN(c2ccccc2)CC1)C1CC1. The van der Waals surface area contributed by atoms with Crippen LogP contribution in [-0.4, -0.2) is 38.6 Å². The van der Waals surface area contributed by atoms with Crippen molar-refractivity contribution in [1.29, 1.82) is 0 Å². The molecule has 5 heteroatoms. The van der Waals surface area contributed by atoms with E-state index in [2.05, 4.69) is 40.5 Å². The second-order valence-electron chi connectivity index (χ2n) is 7.07. The van der Waals surface area contributed by atoms with Crippen molar-refractivity contribution in [3.8, 4) is 0 Å². The Morgan fingerprint density at radius 3 is 2.56 bits per heavy atom. The van der Waals surface area contributed by atoms with Gasteiger partial charge in [0.1, 0.15) is 0 Å². The fraction of sp³-hybridized carbons (Fsp3) is 0.450. The molecule has 1 aliphatic carbocycles. The molecular weight excluding hydrogens is 314 g/mol. The molecule has 0 bridgehead atoms. The van der Waals surface area contributed by atoms with Crippen LogP contribution >= 0.6 is 0 Å². The Morgan fingerprint density at radius 1 is 1.16 bits per heavy atom.